The molecular formula is C16H19ClN2OS. The van der Waals surface area contributed by atoms with E-state index in [1.807, 2.05) is 29.6 Å². The molecule has 1 aromatic heterocycles. The molecule has 5 heteroatoms. The third-order valence-corrected chi connectivity index (χ3v) is 4.46. The van der Waals surface area contributed by atoms with E-state index in [1.165, 1.54) is 36.3 Å². The standard InChI is InChI=1S/C16H18N2OS.ClH/c19-16(15-5-4-12-20-15)17-13-6-8-14(9-7-13)18-10-2-1-3-11-18;/h4-9,12H,1-3,10-11H2,(H,17,19);1H. The van der Waals surface area contributed by atoms with Gasteiger partial charge in [-0.1, -0.05) is 6.07 Å². The lowest BCUT2D eigenvalue weighted by molar-refractivity contribution is 0.103. The summed E-state index contributed by atoms with van der Waals surface area (Å²) in [5.74, 6) is -0.0364. The van der Waals surface area contributed by atoms with Crippen LogP contribution in [0.15, 0.2) is 41.8 Å². The van der Waals surface area contributed by atoms with Gasteiger partial charge in [-0.2, -0.15) is 0 Å². The predicted octanol–water partition coefficient (Wildman–Crippen LogP) is 4.41. The molecule has 1 aliphatic heterocycles. The lowest BCUT2D eigenvalue weighted by atomic mass is 10.1. The van der Waals surface area contributed by atoms with E-state index in [1.54, 1.807) is 0 Å². The van der Waals surface area contributed by atoms with Crippen molar-refractivity contribution in [2.75, 3.05) is 23.3 Å². The van der Waals surface area contributed by atoms with Gasteiger partial charge in [-0.15, -0.1) is 23.7 Å². The highest BCUT2D eigenvalue weighted by Gasteiger charge is 2.11. The van der Waals surface area contributed by atoms with Crippen molar-refractivity contribution in [1.82, 2.24) is 0 Å². The summed E-state index contributed by atoms with van der Waals surface area (Å²) in [6.07, 6.45) is 3.89. The summed E-state index contributed by atoms with van der Waals surface area (Å²) in [6, 6.07) is 11.9. The Kier molecular flexibility index (Phi) is 5.65. The zero-order chi connectivity index (χ0) is 13.8. The molecule has 1 aliphatic rings. The molecule has 0 radical (unpaired) electrons. The molecule has 0 atom stereocenters. The normalized spacial score (nSPS) is 14.4. The van der Waals surface area contributed by atoms with Crippen molar-refractivity contribution in [3.05, 3.63) is 46.7 Å². The molecule has 112 valence electrons. The first-order valence-electron chi connectivity index (χ1n) is 7.03. The fourth-order valence-corrected chi connectivity index (χ4v) is 3.13. The van der Waals surface area contributed by atoms with E-state index in [-0.39, 0.29) is 18.3 Å². The van der Waals surface area contributed by atoms with Gasteiger partial charge in [0.2, 0.25) is 0 Å². The summed E-state index contributed by atoms with van der Waals surface area (Å²) in [7, 11) is 0. The predicted molar refractivity (Wildman–Crippen MR) is 92.0 cm³/mol. The zero-order valence-electron chi connectivity index (χ0n) is 11.7. The summed E-state index contributed by atoms with van der Waals surface area (Å²) in [5.41, 5.74) is 2.10. The van der Waals surface area contributed by atoms with E-state index in [4.69, 9.17) is 0 Å². The van der Waals surface area contributed by atoms with Crippen LogP contribution in [0.4, 0.5) is 11.4 Å². The van der Waals surface area contributed by atoms with Gasteiger partial charge in [-0.05, 0) is 55.0 Å². The molecule has 0 bridgehead atoms. The van der Waals surface area contributed by atoms with Gasteiger partial charge in [0.05, 0.1) is 4.88 Å². The largest absolute Gasteiger partial charge is 0.372 e. The second-order valence-electron chi connectivity index (χ2n) is 5.03. The molecule has 0 spiro atoms. The molecule has 0 aliphatic carbocycles. The first kappa shape index (κ1) is 15.9. The van der Waals surface area contributed by atoms with Crippen LogP contribution in [0.2, 0.25) is 0 Å². The van der Waals surface area contributed by atoms with E-state index in [0.29, 0.717) is 0 Å². The van der Waals surface area contributed by atoms with Crippen LogP contribution in [0.5, 0.6) is 0 Å². The average molecular weight is 323 g/mol. The monoisotopic (exact) mass is 322 g/mol. The van der Waals surface area contributed by atoms with Crippen molar-refractivity contribution in [2.24, 2.45) is 0 Å². The van der Waals surface area contributed by atoms with E-state index in [9.17, 15) is 4.79 Å². The number of carbonyl (C=O) groups excluding carboxylic acids is 1. The second kappa shape index (κ2) is 7.48. The topological polar surface area (TPSA) is 32.3 Å². The van der Waals surface area contributed by atoms with Gasteiger partial charge in [0.1, 0.15) is 0 Å². The summed E-state index contributed by atoms with van der Waals surface area (Å²) in [6.45, 7) is 2.28. The SMILES string of the molecule is Cl.O=C(Nc1ccc(N2CCCCC2)cc1)c1cccs1. The van der Waals surface area contributed by atoms with Gasteiger partial charge >= 0.3 is 0 Å². The number of thiophene rings is 1. The second-order valence-corrected chi connectivity index (χ2v) is 5.97. The molecule has 3 nitrogen and oxygen atoms in total. The maximum Gasteiger partial charge on any atom is 0.265 e. The van der Waals surface area contributed by atoms with E-state index in [0.717, 1.165) is 23.7 Å². The van der Waals surface area contributed by atoms with Gasteiger partial charge in [0.25, 0.3) is 5.91 Å². The molecule has 1 amide bonds. The van der Waals surface area contributed by atoms with Gasteiger partial charge in [-0.25, -0.2) is 0 Å². The lowest BCUT2D eigenvalue weighted by Crippen LogP contribution is -2.29. The molecule has 2 heterocycles. The maximum atomic E-state index is 12.0. The lowest BCUT2D eigenvalue weighted by Gasteiger charge is -2.28. The van der Waals surface area contributed by atoms with Crippen LogP contribution in [-0.2, 0) is 0 Å². The Morgan fingerprint density at radius 3 is 2.38 bits per heavy atom. The molecule has 0 saturated carbocycles. The van der Waals surface area contributed by atoms with Crippen LogP contribution < -0.4 is 10.2 Å². The molecule has 0 unspecified atom stereocenters. The number of carbonyl (C=O) groups is 1. The van der Waals surface area contributed by atoms with Crippen molar-refractivity contribution in [1.29, 1.82) is 0 Å². The zero-order valence-corrected chi connectivity index (χ0v) is 13.4. The van der Waals surface area contributed by atoms with Crippen molar-refractivity contribution < 1.29 is 4.79 Å². The Bertz CT molecular complexity index is 562. The maximum absolute atomic E-state index is 12.0. The molecule has 2 aromatic rings. The minimum Gasteiger partial charge on any atom is -0.372 e. The van der Waals surface area contributed by atoms with Crippen LogP contribution in [0, 0.1) is 0 Å². The number of rotatable bonds is 3. The van der Waals surface area contributed by atoms with E-state index >= 15 is 0 Å². The third-order valence-electron chi connectivity index (χ3n) is 3.59. The Morgan fingerprint density at radius 2 is 1.76 bits per heavy atom. The number of nitrogens with zero attached hydrogens (tertiary/aromatic N) is 1. The van der Waals surface area contributed by atoms with Gasteiger partial charge in [0, 0.05) is 24.5 Å². The summed E-state index contributed by atoms with van der Waals surface area (Å²) >= 11 is 1.46. The summed E-state index contributed by atoms with van der Waals surface area (Å²) in [5, 5.41) is 4.84. The Labute approximate surface area is 135 Å². The van der Waals surface area contributed by atoms with Crippen molar-refractivity contribution >= 4 is 41.0 Å². The first-order chi connectivity index (χ1) is 9.83. The minimum atomic E-state index is -0.0364. The Balaban J connectivity index is 0.00000161. The number of anilines is 2. The average Bonchev–Trinajstić information content (AvgIpc) is 3.03. The molecular weight excluding hydrogens is 304 g/mol. The molecule has 1 fully saturated rings. The molecule has 1 aromatic carbocycles. The van der Waals surface area contributed by atoms with Crippen LogP contribution in [0.3, 0.4) is 0 Å². The highest BCUT2D eigenvalue weighted by Crippen LogP contribution is 2.22. The van der Waals surface area contributed by atoms with Gasteiger partial charge in [0.15, 0.2) is 0 Å². The van der Waals surface area contributed by atoms with Gasteiger partial charge < -0.3 is 10.2 Å². The summed E-state index contributed by atoms with van der Waals surface area (Å²) < 4.78 is 0. The highest BCUT2D eigenvalue weighted by atomic mass is 35.5. The highest BCUT2D eigenvalue weighted by molar-refractivity contribution is 7.12. The van der Waals surface area contributed by atoms with Crippen molar-refractivity contribution in [3.63, 3.8) is 0 Å². The Hall–Kier alpha value is -1.52. The first-order valence-corrected chi connectivity index (χ1v) is 7.91. The molecule has 1 saturated heterocycles. The van der Waals surface area contributed by atoms with Crippen molar-refractivity contribution in [3.8, 4) is 0 Å². The molecule has 3 rings (SSSR count). The molecule has 1 N–H and O–H groups in total. The smallest absolute Gasteiger partial charge is 0.265 e. The fraction of sp³-hybridized carbons (Fsp3) is 0.312. The van der Waals surface area contributed by atoms with Crippen LogP contribution in [0.1, 0.15) is 28.9 Å². The number of nitrogens with one attached hydrogen (secondary N) is 1. The van der Waals surface area contributed by atoms with Gasteiger partial charge in [-0.3, -0.25) is 4.79 Å². The number of benzene rings is 1. The van der Waals surface area contributed by atoms with Crippen LogP contribution in [0.25, 0.3) is 0 Å². The Morgan fingerprint density at radius 1 is 1.05 bits per heavy atom. The minimum absolute atomic E-state index is 0. The van der Waals surface area contributed by atoms with Crippen LogP contribution in [-0.4, -0.2) is 19.0 Å². The molecule has 21 heavy (non-hydrogen) atoms. The van der Waals surface area contributed by atoms with Crippen LogP contribution >= 0.6 is 23.7 Å². The van der Waals surface area contributed by atoms with E-state index in [2.05, 4.69) is 22.3 Å². The fourth-order valence-electron chi connectivity index (χ4n) is 2.51. The third kappa shape index (κ3) is 3.99. The van der Waals surface area contributed by atoms with E-state index < -0.39 is 0 Å². The number of hydrogen-bond acceptors (Lipinski definition) is 3. The number of halogens is 1. The number of piperidine rings is 1. The number of hydrogen-bond donors (Lipinski definition) is 1. The quantitative estimate of drug-likeness (QED) is 0.907. The van der Waals surface area contributed by atoms with Crippen molar-refractivity contribution in [2.45, 2.75) is 19.3 Å². The summed E-state index contributed by atoms with van der Waals surface area (Å²) in [4.78, 5) is 15.1. The number of amides is 1.